The fourth-order valence-electron chi connectivity index (χ4n) is 2.08. The SMILES string of the molecule is C/C(=C\C(=O)Nc1ccc(CNC(=O)CC#N)cc1)C1CC1. The molecule has 1 aliphatic rings. The van der Waals surface area contributed by atoms with Crippen LogP contribution < -0.4 is 10.6 Å². The van der Waals surface area contributed by atoms with Gasteiger partial charge in [0, 0.05) is 18.3 Å². The van der Waals surface area contributed by atoms with Gasteiger partial charge in [0.2, 0.25) is 11.8 Å². The molecule has 22 heavy (non-hydrogen) atoms. The van der Waals surface area contributed by atoms with Crippen LogP contribution in [-0.4, -0.2) is 11.8 Å². The second-order valence-corrected chi connectivity index (χ2v) is 5.46. The number of benzene rings is 1. The fourth-order valence-corrected chi connectivity index (χ4v) is 2.08. The Labute approximate surface area is 130 Å². The van der Waals surface area contributed by atoms with Crippen LogP contribution >= 0.6 is 0 Å². The highest BCUT2D eigenvalue weighted by Crippen LogP contribution is 2.35. The van der Waals surface area contributed by atoms with E-state index >= 15 is 0 Å². The van der Waals surface area contributed by atoms with E-state index in [0.29, 0.717) is 12.5 Å². The van der Waals surface area contributed by atoms with Crippen molar-refractivity contribution in [1.82, 2.24) is 5.32 Å². The summed E-state index contributed by atoms with van der Waals surface area (Å²) in [5.41, 5.74) is 2.76. The lowest BCUT2D eigenvalue weighted by Gasteiger charge is -2.06. The summed E-state index contributed by atoms with van der Waals surface area (Å²) in [7, 11) is 0. The van der Waals surface area contributed by atoms with Gasteiger partial charge in [0.15, 0.2) is 0 Å². The predicted molar refractivity (Wildman–Crippen MR) is 83.6 cm³/mol. The van der Waals surface area contributed by atoms with E-state index in [0.717, 1.165) is 16.8 Å². The maximum Gasteiger partial charge on any atom is 0.248 e. The Morgan fingerprint density at radius 3 is 2.59 bits per heavy atom. The van der Waals surface area contributed by atoms with E-state index in [9.17, 15) is 9.59 Å². The number of nitrogens with one attached hydrogen (secondary N) is 2. The minimum absolute atomic E-state index is 0.112. The van der Waals surface area contributed by atoms with Gasteiger partial charge in [-0.2, -0.15) is 5.26 Å². The lowest BCUT2D eigenvalue weighted by molar-refractivity contribution is -0.120. The maximum absolute atomic E-state index is 11.9. The van der Waals surface area contributed by atoms with E-state index < -0.39 is 0 Å². The molecule has 1 aromatic carbocycles. The van der Waals surface area contributed by atoms with Crippen LogP contribution in [0.15, 0.2) is 35.9 Å². The van der Waals surface area contributed by atoms with Crippen molar-refractivity contribution in [3.8, 4) is 6.07 Å². The minimum Gasteiger partial charge on any atom is -0.351 e. The molecule has 0 radical (unpaired) electrons. The first-order valence-electron chi connectivity index (χ1n) is 7.30. The maximum atomic E-state index is 11.9. The van der Waals surface area contributed by atoms with Gasteiger partial charge in [-0.3, -0.25) is 9.59 Å². The smallest absolute Gasteiger partial charge is 0.248 e. The molecule has 2 N–H and O–H groups in total. The molecule has 0 spiro atoms. The number of carbonyl (C=O) groups excluding carboxylic acids is 2. The Kier molecular flexibility index (Phi) is 5.31. The number of hydrogen-bond acceptors (Lipinski definition) is 3. The van der Waals surface area contributed by atoms with Crippen LogP contribution in [0.4, 0.5) is 5.69 Å². The molecule has 0 atom stereocenters. The molecule has 5 heteroatoms. The largest absolute Gasteiger partial charge is 0.351 e. The lowest BCUT2D eigenvalue weighted by atomic mass is 10.1. The van der Waals surface area contributed by atoms with E-state index in [1.807, 2.05) is 19.1 Å². The molecule has 1 aromatic rings. The third-order valence-electron chi connectivity index (χ3n) is 3.53. The van der Waals surface area contributed by atoms with E-state index in [4.69, 9.17) is 5.26 Å². The zero-order chi connectivity index (χ0) is 15.9. The molecular formula is C17H19N3O2. The number of hydrogen-bond donors (Lipinski definition) is 2. The summed E-state index contributed by atoms with van der Waals surface area (Å²) < 4.78 is 0. The number of nitrogens with zero attached hydrogens (tertiary/aromatic N) is 1. The second kappa shape index (κ2) is 7.41. The van der Waals surface area contributed by atoms with Gasteiger partial charge in [0.05, 0.1) is 6.07 Å². The monoisotopic (exact) mass is 297 g/mol. The number of nitriles is 1. The highest BCUT2D eigenvalue weighted by atomic mass is 16.2. The number of anilines is 1. The van der Waals surface area contributed by atoms with Gasteiger partial charge in [-0.05, 0) is 43.4 Å². The first kappa shape index (κ1) is 15.8. The van der Waals surface area contributed by atoms with E-state index in [2.05, 4.69) is 10.6 Å². The van der Waals surface area contributed by atoms with Gasteiger partial charge in [-0.1, -0.05) is 17.7 Å². The van der Waals surface area contributed by atoms with Crippen LogP contribution in [0.5, 0.6) is 0 Å². The predicted octanol–water partition coefficient (Wildman–Crippen LogP) is 2.51. The third kappa shape index (κ3) is 5.06. The summed E-state index contributed by atoms with van der Waals surface area (Å²) >= 11 is 0. The average Bonchev–Trinajstić information content (AvgIpc) is 3.31. The number of carbonyl (C=O) groups is 2. The molecule has 0 saturated heterocycles. The number of amides is 2. The lowest BCUT2D eigenvalue weighted by Crippen LogP contribution is -2.21. The van der Waals surface area contributed by atoms with Gasteiger partial charge in [0.25, 0.3) is 0 Å². The molecule has 0 aromatic heterocycles. The first-order chi connectivity index (χ1) is 10.6. The Morgan fingerprint density at radius 2 is 2.00 bits per heavy atom. The van der Waals surface area contributed by atoms with E-state index in [1.54, 1.807) is 24.3 Å². The molecule has 0 bridgehead atoms. The summed E-state index contributed by atoms with van der Waals surface area (Å²) in [6.45, 7) is 2.36. The van der Waals surface area contributed by atoms with Crippen LogP contribution in [0, 0.1) is 17.2 Å². The molecule has 0 heterocycles. The van der Waals surface area contributed by atoms with Gasteiger partial charge in [-0.15, -0.1) is 0 Å². The fraction of sp³-hybridized carbons (Fsp3) is 0.353. The molecule has 0 unspecified atom stereocenters. The summed E-state index contributed by atoms with van der Waals surface area (Å²) in [6.07, 6.45) is 3.89. The van der Waals surface area contributed by atoms with Crippen molar-refractivity contribution in [2.75, 3.05) is 5.32 Å². The summed E-state index contributed by atoms with van der Waals surface area (Å²) in [6, 6.07) is 9.05. The summed E-state index contributed by atoms with van der Waals surface area (Å²) in [4.78, 5) is 23.0. The standard InChI is InChI=1S/C17H19N3O2/c1-12(14-4-5-14)10-17(22)20-15-6-2-13(3-7-15)11-19-16(21)8-9-18/h2-3,6-7,10,14H,4-5,8,11H2,1H3,(H,19,21)(H,20,22)/b12-10+. The van der Waals surface area contributed by atoms with Crippen molar-refractivity contribution in [3.63, 3.8) is 0 Å². The van der Waals surface area contributed by atoms with Crippen LogP contribution in [0.2, 0.25) is 0 Å². The van der Waals surface area contributed by atoms with Gasteiger partial charge in [0.1, 0.15) is 6.42 Å². The number of rotatable bonds is 6. The molecule has 114 valence electrons. The van der Waals surface area contributed by atoms with E-state index in [-0.39, 0.29) is 18.2 Å². The Morgan fingerprint density at radius 1 is 1.32 bits per heavy atom. The van der Waals surface area contributed by atoms with Crippen molar-refractivity contribution in [2.24, 2.45) is 5.92 Å². The van der Waals surface area contributed by atoms with Crippen LogP contribution in [0.1, 0.15) is 31.7 Å². The normalized spacial score (nSPS) is 14.1. The molecule has 0 aliphatic heterocycles. The Hall–Kier alpha value is -2.61. The van der Waals surface area contributed by atoms with Crippen molar-refractivity contribution in [1.29, 1.82) is 5.26 Å². The Balaban J connectivity index is 1.83. The second-order valence-electron chi connectivity index (χ2n) is 5.46. The quantitative estimate of drug-likeness (QED) is 0.791. The first-order valence-corrected chi connectivity index (χ1v) is 7.30. The van der Waals surface area contributed by atoms with Crippen molar-refractivity contribution in [3.05, 3.63) is 41.5 Å². The van der Waals surface area contributed by atoms with Crippen LogP contribution in [-0.2, 0) is 16.1 Å². The molecule has 1 aliphatic carbocycles. The summed E-state index contributed by atoms with van der Waals surface area (Å²) in [5.74, 6) is 0.185. The zero-order valence-electron chi connectivity index (χ0n) is 12.6. The molecule has 1 fully saturated rings. The zero-order valence-corrected chi connectivity index (χ0v) is 12.6. The van der Waals surface area contributed by atoms with Gasteiger partial charge in [-0.25, -0.2) is 0 Å². The summed E-state index contributed by atoms with van der Waals surface area (Å²) in [5, 5.41) is 13.9. The van der Waals surface area contributed by atoms with Crippen molar-refractivity contribution in [2.45, 2.75) is 32.7 Å². The van der Waals surface area contributed by atoms with Crippen molar-refractivity contribution >= 4 is 17.5 Å². The number of allylic oxidation sites excluding steroid dienone is 1. The van der Waals surface area contributed by atoms with Crippen LogP contribution in [0.3, 0.4) is 0 Å². The minimum atomic E-state index is -0.291. The molecule has 5 nitrogen and oxygen atoms in total. The van der Waals surface area contributed by atoms with E-state index in [1.165, 1.54) is 12.8 Å². The topological polar surface area (TPSA) is 82.0 Å². The Bertz CT molecular complexity index is 622. The average molecular weight is 297 g/mol. The van der Waals surface area contributed by atoms with Gasteiger partial charge < -0.3 is 10.6 Å². The molecular weight excluding hydrogens is 278 g/mol. The third-order valence-corrected chi connectivity index (χ3v) is 3.53. The molecule has 1 saturated carbocycles. The molecule has 2 amide bonds. The molecule has 2 rings (SSSR count). The van der Waals surface area contributed by atoms with Crippen molar-refractivity contribution < 1.29 is 9.59 Å². The van der Waals surface area contributed by atoms with Crippen LogP contribution in [0.25, 0.3) is 0 Å². The van der Waals surface area contributed by atoms with Gasteiger partial charge >= 0.3 is 0 Å². The highest BCUT2D eigenvalue weighted by Gasteiger charge is 2.23. The highest BCUT2D eigenvalue weighted by molar-refractivity contribution is 5.99.